The number of hydrogen-bond donors (Lipinski definition) is 2. The molecule has 2 rings (SSSR count). The molecule has 0 heterocycles. The van der Waals surface area contributed by atoms with Crippen molar-refractivity contribution < 1.29 is 14.6 Å². The second-order valence-electron chi connectivity index (χ2n) is 5.48. The van der Waals surface area contributed by atoms with Gasteiger partial charge in [-0.1, -0.05) is 30.3 Å². The number of benzene rings is 2. The Kier molecular flexibility index (Phi) is 6.91. The van der Waals surface area contributed by atoms with E-state index in [1.165, 1.54) is 5.56 Å². The quantitative estimate of drug-likeness (QED) is 0.746. The van der Waals surface area contributed by atoms with Crippen LogP contribution in [0.3, 0.4) is 0 Å². The van der Waals surface area contributed by atoms with Crippen LogP contribution in [-0.4, -0.2) is 38.5 Å². The first kappa shape index (κ1) is 17.3. The highest BCUT2D eigenvalue weighted by atomic mass is 16.5. The van der Waals surface area contributed by atoms with Crippen molar-refractivity contribution in [3.8, 4) is 11.5 Å². The highest BCUT2D eigenvalue weighted by Gasteiger charge is 2.07. The highest BCUT2D eigenvalue weighted by Crippen LogP contribution is 2.21. The van der Waals surface area contributed by atoms with Gasteiger partial charge in [-0.15, -0.1) is 0 Å². The van der Waals surface area contributed by atoms with Gasteiger partial charge in [0.15, 0.2) is 0 Å². The molecule has 0 saturated heterocycles. The summed E-state index contributed by atoms with van der Waals surface area (Å²) in [5, 5.41) is 12.7. The van der Waals surface area contributed by atoms with Crippen LogP contribution in [0, 0.1) is 0 Å². The standard InChI is InChI=1S/C19H25NO3/c1-20-13-17(21)14-23-19-9-4-3-7-16(19)11-10-15-6-5-8-18(12-15)22-2/h3-9,12,17,20-21H,10-11,13-14H2,1-2H3/t17-/m0/s1. The van der Waals surface area contributed by atoms with Crippen molar-refractivity contribution in [3.05, 3.63) is 59.7 Å². The minimum atomic E-state index is -0.508. The topological polar surface area (TPSA) is 50.7 Å². The summed E-state index contributed by atoms with van der Waals surface area (Å²) in [6, 6.07) is 16.1. The van der Waals surface area contributed by atoms with Gasteiger partial charge in [0, 0.05) is 6.54 Å². The molecule has 1 atom stereocenters. The van der Waals surface area contributed by atoms with Crippen LogP contribution in [0.25, 0.3) is 0 Å². The van der Waals surface area contributed by atoms with Crippen molar-refractivity contribution in [2.24, 2.45) is 0 Å². The first-order chi connectivity index (χ1) is 11.2. The molecule has 0 saturated carbocycles. The van der Waals surface area contributed by atoms with Gasteiger partial charge in [-0.25, -0.2) is 0 Å². The maximum absolute atomic E-state index is 9.77. The minimum absolute atomic E-state index is 0.289. The summed E-state index contributed by atoms with van der Waals surface area (Å²) in [5.41, 5.74) is 2.38. The molecule has 2 aromatic rings. The fourth-order valence-electron chi connectivity index (χ4n) is 2.44. The molecule has 0 aromatic heterocycles. The molecule has 0 aliphatic rings. The average molecular weight is 315 g/mol. The summed E-state index contributed by atoms with van der Waals surface area (Å²) >= 11 is 0. The number of rotatable bonds is 9. The van der Waals surface area contributed by atoms with E-state index in [2.05, 4.69) is 23.5 Å². The van der Waals surface area contributed by atoms with Gasteiger partial charge in [-0.05, 0) is 49.2 Å². The molecule has 2 aromatic carbocycles. The van der Waals surface area contributed by atoms with E-state index in [9.17, 15) is 5.11 Å². The zero-order valence-corrected chi connectivity index (χ0v) is 13.8. The predicted molar refractivity (Wildman–Crippen MR) is 92.3 cm³/mol. The molecule has 0 aliphatic heterocycles. The molecule has 0 fully saturated rings. The third-order valence-electron chi connectivity index (χ3n) is 3.66. The molecule has 124 valence electrons. The van der Waals surface area contributed by atoms with Gasteiger partial charge in [-0.2, -0.15) is 0 Å². The SMILES string of the molecule is CNC[C@H](O)COc1ccccc1CCc1cccc(OC)c1. The third kappa shape index (κ3) is 5.58. The molecule has 0 radical (unpaired) electrons. The van der Waals surface area contributed by atoms with Crippen LogP contribution < -0.4 is 14.8 Å². The van der Waals surface area contributed by atoms with Crippen molar-refractivity contribution >= 4 is 0 Å². The Morgan fingerprint density at radius 2 is 1.91 bits per heavy atom. The number of aryl methyl sites for hydroxylation is 2. The van der Waals surface area contributed by atoms with Crippen LogP contribution in [0.2, 0.25) is 0 Å². The van der Waals surface area contributed by atoms with E-state index >= 15 is 0 Å². The number of nitrogens with one attached hydrogen (secondary N) is 1. The summed E-state index contributed by atoms with van der Waals surface area (Å²) in [6.45, 7) is 0.809. The Hall–Kier alpha value is -2.04. The number of likely N-dealkylation sites (N-methyl/N-ethyl adjacent to an activating group) is 1. The Bertz CT molecular complexity index is 601. The van der Waals surface area contributed by atoms with Gasteiger partial charge in [-0.3, -0.25) is 0 Å². The van der Waals surface area contributed by atoms with Crippen LogP contribution in [0.4, 0.5) is 0 Å². The predicted octanol–water partition coefficient (Wildman–Crippen LogP) is 2.44. The molecule has 0 unspecified atom stereocenters. The van der Waals surface area contributed by atoms with Crippen molar-refractivity contribution in [1.82, 2.24) is 5.32 Å². The lowest BCUT2D eigenvalue weighted by molar-refractivity contribution is 0.107. The van der Waals surface area contributed by atoms with E-state index in [4.69, 9.17) is 9.47 Å². The van der Waals surface area contributed by atoms with E-state index in [1.54, 1.807) is 7.11 Å². The lowest BCUT2D eigenvalue weighted by Crippen LogP contribution is -2.29. The summed E-state index contributed by atoms with van der Waals surface area (Å²) in [4.78, 5) is 0. The molecule has 23 heavy (non-hydrogen) atoms. The molecule has 4 nitrogen and oxygen atoms in total. The van der Waals surface area contributed by atoms with Crippen LogP contribution >= 0.6 is 0 Å². The maximum atomic E-state index is 9.77. The Morgan fingerprint density at radius 3 is 2.70 bits per heavy atom. The van der Waals surface area contributed by atoms with Crippen LogP contribution in [-0.2, 0) is 12.8 Å². The second kappa shape index (κ2) is 9.18. The van der Waals surface area contributed by atoms with Crippen LogP contribution in [0.1, 0.15) is 11.1 Å². The number of hydrogen-bond acceptors (Lipinski definition) is 4. The fourth-order valence-corrected chi connectivity index (χ4v) is 2.44. The first-order valence-electron chi connectivity index (χ1n) is 7.89. The fraction of sp³-hybridized carbons (Fsp3) is 0.368. The summed E-state index contributed by atoms with van der Waals surface area (Å²) in [5.74, 6) is 1.72. The zero-order chi connectivity index (χ0) is 16.5. The van der Waals surface area contributed by atoms with Gasteiger partial charge in [0.25, 0.3) is 0 Å². The lowest BCUT2D eigenvalue weighted by Gasteiger charge is -2.15. The average Bonchev–Trinajstić information content (AvgIpc) is 2.59. The van der Waals surface area contributed by atoms with Gasteiger partial charge in [0.2, 0.25) is 0 Å². The molecule has 0 aliphatic carbocycles. The normalized spacial score (nSPS) is 12.0. The van der Waals surface area contributed by atoms with E-state index in [0.29, 0.717) is 6.54 Å². The number of ether oxygens (including phenoxy) is 2. The molecule has 0 amide bonds. The molecular formula is C19H25NO3. The van der Waals surface area contributed by atoms with Crippen molar-refractivity contribution in [2.75, 3.05) is 27.3 Å². The summed E-state index contributed by atoms with van der Waals surface area (Å²) in [6.07, 6.45) is 1.29. The van der Waals surface area contributed by atoms with Gasteiger partial charge < -0.3 is 19.9 Å². The highest BCUT2D eigenvalue weighted by molar-refractivity contribution is 5.35. The van der Waals surface area contributed by atoms with Crippen LogP contribution in [0.15, 0.2) is 48.5 Å². The molecular weight excluding hydrogens is 290 g/mol. The van der Waals surface area contributed by atoms with Crippen molar-refractivity contribution in [1.29, 1.82) is 0 Å². The number of para-hydroxylation sites is 1. The monoisotopic (exact) mass is 315 g/mol. The van der Waals surface area contributed by atoms with E-state index in [-0.39, 0.29) is 6.61 Å². The third-order valence-corrected chi connectivity index (χ3v) is 3.66. The molecule has 4 heteroatoms. The van der Waals surface area contributed by atoms with Gasteiger partial charge in [0.1, 0.15) is 24.2 Å². The second-order valence-corrected chi connectivity index (χ2v) is 5.48. The minimum Gasteiger partial charge on any atom is -0.497 e. The van der Waals surface area contributed by atoms with Gasteiger partial charge in [0.05, 0.1) is 7.11 Å². The number of methoxy groups -OCH3 is 1. The first-order valence-corrected chi connectivity index (χ1v) is 7.89. The lowest BCUT2D eigenvalue weighted by atomic mass is 10.0. The number of aliphatic hydroxyl groups excluding tert-OH is 1. The van der Waals surface area contributed by atoms with E-state index in [1.807, 2.05) is 37.4 Å². The van der Waals surface area contributed by atoms with Crippen LogP contribution in [0.5, 0.6) is 11.5 Å². The van der Waals surface area contributed by atoms with Crippen molar-refractivity contribution in [3.63, 3.8) is 0 Å². The Labute approximate surface area is 138 Å². The van der Waals surface area contributed by atoms with Gasteiger partial charge >= 0.3 is 0 Å². The molecule has 0 spiro atoms. The van der Waals surface area contributed by atoms with E-state index in [0.717, 1.165) is 29.9 Å². The summed E-state index contributed by atoms with van der Waals surface area (Å²) in [7, 11) is 3.49. The molecule has 2 N–H and O–H groups in total. The zero-order valence-electron chi connectivity index (χ0n) is 13.8. The summed E-state index contributed by atoms with van der Waals surface area (Å²) < 4.78 is 11.0. The maximum Gasteiger partial charge on any atom is 0.122 e. The van der Waals surface area contributed by atoms with Crippen molar-refractivity contribution in [2.45, 2.75) is 18.9 Å². The smallest absolute Gasteiger partial charge is 0.122 e. The van der Waals surface area contributed by atoms with E-state index < -0.39 is 6.10 Å². The Balaban J connectivity index is 1.96. The molecule has 0 bridgehead atoms. The largest absolute Gasteiger partial charge is 0.497 e. The number of aliphatic hydroxyl groups is 1. The Morgan fingerprint density at radius 1 is 1.09 bits per heavy atom.